The van der Waals surface area contributed by atoms with Crippen LogP contribution in [0.2, 0.25) is 0 Å². The number of hydrogen-bond donors (Lipinski definition) is 1. The molecule has 2 rings (SSSR count). The summed E-state index contributed by atoms with van der Waals surface area (Å²) in [5.41, 5.74) is 1.76. The maximum absolute atomic E-state index is 12.3. The first-order valence-corrected chi connectivity index (χ1v) is 8.47. The number of hydrogen-bond acceptors (Lipinski definition) is 5. The summed E-state index contributed by atoms with van der Waals surface area (Å²) in [6, 6.07) is 13.2. The lowest BCUT2D eigenvalue weighted by Crippen LogP contribution is -2.29. The molecule has 0 fully saturated rings. The fraction of sp³-hybridized carbons (Fsp3) is 0.350. The summed E-state index contributed by atoms with van der Waals surface area (Å²) in [7, 11) is 5.05. The summed E-state index contributed by atoms with van der Waals surface area (Å²) in [4.78, 5) is 14.2. The molecule has 0 heterocycles. The minimum absolute atomic E-state index is 0.103. The fourth-order valence-corrected chi connectivity index (χ4v) is 2.55. The van der Waals surface area contributed by atoms with Gasteiger partial charge in [-0.1, -0.05) is 12.1 Å². The number of ether oxygens (including phenoxy) is 3. The first-order chi connectivity index (χ1) is 12.5. The second-order valence-corrected chi connectivity index (χ2v) is 5.90. The van der Waals surface area contributed by atoms with Gasteiger partial charge in [-0.15, -0.1) is 0 Å². The third kappa shape index (κ3) is 5.97. The van der Waals surface area contributed by atoms with Crippen molar-refractivity contribution >= 4 is 11.6 Å². The van der Waals surface area contributed by atoms with Crippen molar-refractivity contribution in [2.75, 3.05) is 39.7 Å². The number of likely N-dealkylation sites (N-methyl/N-ethyl adjacent to an activating group) is 1. The van der Waals surface area contributed by atoms with Crippen molar-refractivity contribution in [3.05, 3.63) is 48.0 Å². The first kappa shape index (κ1) is 19.6. The number of nitrogens with one attached hydrogen (secondary N) is 1. The van der Waals surface area contributed by atoms with Gasteiger partial charge in [0.1, 0.15) is 17.2 Å². The van der Waals surface area contributed by atoms with Crippen molar-refractivity contribution in [1.29, 1.82) is 0 Å². The van der Waals surface area contributed by atoms with Gasteiger partial charge in [-0.3, -0.25) is 9.69 Å². The molecule has 0 atom stereocenters. The van der Waals surface area contributed by atoms with Crippen molar-refractivity contribution in [3.8, 4) is 17.2 Å². The fourth-order valence-electron chi connectivity index (χ4n) is 2.55. The predicted octanol–water partition coefficient (Wildman–Crippen LogP) is 3.17. The Kier molecular flexibility index (Phi) is 7.29. The van der Waals surface area contributed by atoms with Gasteiger partial charge in [-0.2, -0.15) is 0 Å². The van der Waals surface area contributed by atoms with E-state index < -0.39 is 0 Å². The molecule has 0 aliphatic heterocycles. The van der Waals surface area contributed by atoms with Crippen LogP contribution < -0.4 is 19.5 Å². The van der Waals surface area contributed by atoms with Crippen molar-refractivity contribution in [2.24, 2.45) is 0 Å². The number of amides is 1. The summed E-state index contributed by atoms with van der Waals surface area (Å²) in [5.74, 6) is 2.00. The van der Waals surface area contributed by atoms with E-state index in [1.807, 2.05) is 43.1 Å². The number of rotatable bonds is 9. The van der Waals surface area contributed by atoms with Crippen molar-refractivity contribution < 1.29 is 19.0 Å². The highest BCUT2D eigenvalue weighted by molar-refractivity contribution is 5.92. The molecule has 2 aromatic rings. The molecule has 1 N–H and O–H groups in total. The van der Waals surface area contributed by atoms with Gasteiger partial charge < -0.3 is 19.5 Å². The highest BCUT2D eigenvalue weighted by Crippen LogP contribution is 2.25. The Balaban J connectivity index is 1.90. The Labute approximate surface area is 154 Å². The summed E-state index contributed by atoms with van der Waals surface area (Å²) >= 11 is 0. The predicted molar refractivity (Wildman–Crippen MR) is 102 cm³/mol. The van der Waals surface area contributed by atoms with E-state index in [-0.39, 0.29) is 12.5 Å². The number of anilines is 1. The smallest absolute Gasteiger partial charge is 0.238 e. The van der Waals surface area contributed by atoms with Gasteiger partial charge in [0.15, 0.2) is 0 Å². The van der Waals surface area contributed by atoms with Gasteiger partial charge in [0.05, 0.1) is 27.4 Å². The number of benzene rings is 2. The first-order valence-electron chi connectivity index (χ1n) is 8.47. The Hall–Kier alpha value is -2.73. The van der Waals surface area contributed by atoms with Crippen molar-refractivity contribution in [3.63, 3.8) is 0 Å². The minimum Gasteiger partial charge on any atom is -0.497 e. The molecular formula is C20H26N2O4. The van der Waals surface area contributed by atoms with Crippen LogP contribution in [0, 0.1) is 0 Å². The van der Waals surface area contributed by atoms with Crippen LogP contribution in [0.15, 0.2) is 42.5 Å². The lowest BCUT2D eigenvalue weighted by atomic mass is 10.2. The van der Waals surface area contributed by atoms with E-state index in [4.69, 9.17) is 14.2 Å². The Morgan fingerprint density at radius 1 is 1.00 bits per heavy atom. The second kappa shape index (κ2) is 9.68. The summed E-state index contributed by atoms with van der Waals surface area (Å²) in [6.45, 7) is 3.54. The van der Waals surface area contributed by atoms with E-state index in [0.717, 1.165) is 11.3 Å². The zero-order chi connectivity index (χ0) is 18.9. The van der Waals surface area contributed by atoms with Crippen LogP contribution in [0.3, 0.4) is 0 Å². The Bertz CT molecular complexity index is 694. The third-order valence-electron chi connectivity index (χ3n) is 3.74. The SMILES string of the molecule is CCOc1ccc(CN(C)CC(=O)Nc2cc(OC)cc(OC)c2)cc1. The Morgan fingerprint density at radius 3 is 2.15 bits per heavy atom. The molecule has 0 aliphatic carbocycles. The maximum Gasteiger partial charge on any atom is 0.238 e. The molecule has 0 spiro atoms. The number of carbonyl (C=O) groups is 1. The highest BCUT2D eigenvalue weighted by Gasteiger charge is 2.10. The molecule has 6 nitrogen and oxygen atoms in total. The van der Waals surface area contributed by atoms with Gasteiger partial charge in [0, 0.05) is 30.4 Å². The summed E-state index contributed by atoms with van der Waals surface area (Å²) in [5, 5.41) is 2.87. The lowest BCUT2D eigenvalue weighted by molar-refractivity contribution is -0.117. The van der Waals surface area contributed by atoms with Gasteiger partial charge in [-0.05, 0) is 31.7 Å². The third-order valence-corrected chi connectivity index (χ3v) is 3.74. The van der Waals surface area contributed by atoms with Crippen molar-refractivity contribution in [1.82, 2.24) is 4.90 Å². The summed E-state index contributed by atoms with van der Waals surface area (Å²) < 4.78 is 15.9. The molecule has 0 aliphatic rings. The molecule has 6 heteroatoms. The van der Waals surface area contributed by atoms with Gasteiger partial charge >= 0.3 is 0 Å². The van der Waals surface area contributed by atoms with Gasteiger partial charge in [-0.25, -0.2) is 0 Å². The molecule has 0 aromatic heterocycles. The van der Waals surface area contributed by atoms with E-state index >= 15 is 0 Å². The molecule has 2 aromatic carbocycles. The van der Waals surface area contributed by atoms with Crippen LogP contribution in [0.1, 0.15) is 12.5 Å². The number of methoxy groups -OCH3 is 2. The standard InChI is InChI=1S/C20H26N2O4/c1-5-26-17-8-6-15(7-9-17)13-22(2)14-20(23)21-16-10-18(24-3)12-19(11-16)25-4/h6-12H,5,13-14H2,1-4H3,(H,21,23). The number of carbonyl (C=O) groups excluding carboxylic acids is 1. The van der Waals surface area contributed by atoms with Crippen LogP contribution in [0.25, 0.3) is 0 Å². The van der Waals surface area contributed by atoms with Crippen molar-refractivity contribution in [2.45, 2.75) is 13.5 Å². The molecule has 0 unspecified atom stereocenters. The van der Waals surface area contributed by atoms with E-state index in [2.05, 4.69) is 5.32 Å². The van der Waals surface area contributed by atoms with Crippen LogP contribution >= 0.6 is 0 Å². The highest BCUT2D eigenvalue weighted by atomic mass is 16.5. The minimum atomic E-state index is -0.103. The molecule has 0 saturated heterocycles. The van der Waals surface area contributed by atoms with Crippen LogP contribution in [-0.2, 0) is 11.3 Å². The lowest BCUT2D eigenvalue weighted by Gasteiger charge is -2.17. The molecule has 0 radical (unpaired) electrons. The molecule has 1 amide bonds. The molecule has 140 valence electrons. The van der Waals surface area contributed by atoms with Crippen LogP contribution in [0.4, 0.5) is 5.69 Å². The largest absolute Gasteiger partial charge is 0.497 e. The van der Waals surface area contributed by atoms with Crippen LogP contribution in [0.5, 0.6) is 17.2 Å². The molecular weight excluding hydrogens is 332 g/mol. The zero-order valence-electron chi connectivity index (χ0n) is 15.7. The van der Waals surface area contributed by atoms with E-state index in [1.54, 1.807) is 32.4 Å². The average Bonchev–Trinajstić information content (AvgIpc) is 2.62. The zero-order valence-corrected chi connectivity index (χ0v) is 15.7. The molecule has 0 saturated carbocycles. The van der Waals surface area contributed by atoms with E-state index in [0.29, 0.717) is 30.3 Å². The van der Waals surface area contributed by atoms with Crippen LogP contribution in [-0.4, -0.2) is 45.2 Å². The molecule has 0 bridgehead atoms. The van der Waals surface area contributed by atoms with Gasteiger partial charge in [0.2, 0.25) is 5.91 Å². The molecule has 26 heavy (non-hydrogen) atoms. The number of nitrogens with zero attached hydrogens (tertiary/aromatic N) is 1. The normalized spacial score (nSPS) is 10.5. The topological polar surface area (TPSA) is 60.0 Å². The summed E-state index contributed by atoms with van der Waals surface area (Å²) in [6.07, 6.45) is 0. The Morgan fingerprint density at radius 2 is 1.62 bits per heavy atom. The van der Waals surface area contributed by atoms with Gasteiger partial charge in [0.25, 0.3) is 0 Å². The van der Waals surface area contributed by atoms with E-state index in [9.17, 15) is 4.79 Å². The van der Waals surface area contributed by atoms with E-state index in [1.165, 1.54) is 0 Å². The second-order valence-electron chi connectivity index (χ2n) is 5.90. The monoisotopic (exact) mass is 358 g/mol. The maximum atomic E-state index is 12.3. The quantitative estimate of drug-likeness (QED) is 0.746. The average molecular weight is 358 g/mol.